The molecule has 0 atom stereocenters. The summed E-state index contributed by atoms with van der Waals surface area (Å²) in [5.74, 6) is 0. The number of hydrogen-bond acceptors (Lipinski definition) is 2. The third-order valence-corrected chi connectivity index (χ3v) is 2.60. The van der Waals surface area contributed by atoms with Gasteiger partial charge < -0.3 is 10.6 Å². The van der Waals surface area contributed by atoms with Gasteiger partial charge in [-0.25, -0.2) is 0 Å². The first-order chi connectivity index (χ1) is 8.74. The third-order valence-electron chi connectivity index (χ3n) is 1.86. The van der Waals surface area contributed by atoms with Crippen molar-refractivity contribution in [1.29, 1.82) is 0 Å². The largest absolute Gasteiger partial charge is 0.318 e. The SMILES string of the molecule is CC.CC.CNCCNCc1ccc(Cl)c(Cl)c1. The summed E-state index contributed by atoms with van der Waals surface area (Å²) in [5.41, 5.74) is 1.15. The summed E-state index contributed by atoms with van der Waals surface area (Å²) in [4.78, 5) is 0. The second-order valence-corrected chi connectivity index (χ2v) is 3.84. The monoisotopic (exact) mass is 292 g/mol. The van der Waals surface area contributed by atoms with Crippen LogP contribution in [0.2, 0.25) is 10.0 Å². The van der Waals surface area contributed by atoms with Gasteiger partial charge in [0.05, 0.1) is 10.0 Å². The quantitative estimate of drug-likeness (QED) is 0.788. The molecular formula is C14H26Cl2N2. The Balaban J connectivity index is 0. The number of rotatable bonds is 5. The van der Waals surface area contributed by atoms with Crippen molar-refractivity contribution in [2.75, 3.05) is 20.1 Å². The maximum absolute atomic E-state index is 5.88. The molecule has 0 aliphatic rings. The fourth-order valence-corrected chi connectivity index (χ4v) is 1.42. The molecule has 2 nitrogen and oxygen atoms in total. The van der Waals surface area contributed by atoms with Crippen LogP contribution in [0, 0.1) is 0 Å². The van der Waals surface area contributed by atoms with Crippen molar-refractivity contribution in [1.82, 2.24) is 10.6 Å². The molecule has 1 aromatic carbocycles. The maximum Gasteiger partial charge on any atom is 0.0595 e. The minimum absolute atomic E-state index is 0.602. The van der Waals surface area contributed by atoms with Gasteiger partial charge in [0.15, 0.2) is 0 Å². The van der Waals surface area contributed by atoms with Gasteiger partial charge >= 0.3 is 0 Å². The molecule has 0 amide bonds. The molecule has 0 spiro atoms. The zero-order valence-corrected chi connectivity index (χ0v) is 13.6. The Labute approximate surface area is 122 Å². The van der Waals surface area contributed by atoms with Gasteiger partial charge in [0.25, 0.3) is 0 Å². The van der Waals surface area contributed by atoms with Crippen LogP contribution in [0.1, 0.15) is 33.3 Å². The lowest BCUT2D eigenvalue weighted by molar-refractivity contribution is 0.651. The van der Waals surface area contributed by atoms with Gasteiger partial charge in [-0.2, -0.15) is 0 Å². The molecule has 4 heteroatoms. The van der Waals surface area contributed by atoms with E-state index < -0.39 is 0 Å². The Morgan fingerprint density at radius 1 is 0.944 bits per heavy atom. The first-order valence-corrected chi connectivity index (χ1v) is 7.29. The van der Waals surface area contributed by atoms with Gasteiger partial charge in [-0.05, 0) is 24.7 Å². The van der Waals surface area contributed by atoms with Gasteiger partial charge in [-0.1, -0.05) is 57.0 Å². The lowest BCUT2D eigenvalue weighted by Gasteiger charge is -2.05. The first-order valence-electron chi connectivity index (χ1n) is 6.53. The summed E-state index contributed by atoms with van der Waals surface area (Å²) in [7, 11) is 1.93. The molecule has 0 fully saturated rings. The van der Waals surface area contributed by atoms with Crippen LogP contribution in [0.5, 0.6) is 0 Å². The zero-order valence-electron chi connectivity index (χ0n) is 12.1. The van der Waals surface area contributed by atoms with Gasteiger partial charge in [-0.3, -0.25) is 0 Å². The van der Waals surface area contributed by atoms with Crippen LogP contribution in [0.25, 0.3) is 0 Å². The normalized spacial score (nSPS) is 8.83. The minimum atomic E-state index is 0.602. The van der Waals surface area contributed by atoms with E-state index in [1.54, 1.807) is 0 Å². The molecule has 1 rings (SSSR count). The second kappa shape index (κ2) is 14.8. The van der Waals surface area contributed by atoms with E-state index in [1.165, 1.54) is 0 Å². The van der Waals surface area contributed by atoms with Crippen LogP contribution >= 0.6 is 23.2 Å². The summed E-state index contributed by atoms with van der Waals surface area (Å²) < 4.78 is 0. The number of benzene rings is 1. The average molecular weight is 293 g/mol. The highest BCUT2D eigenvalue weighted by molar-refractivity contribution is 6.42. The van der Waals surface area contributed by atoms with Crippen molar-refractivity contribution < 1.29 is 0 Å². The molecule has 0 saturated carbocycles. The van der Waals surface area contributed by atoms with Gasteiger partial charge in [0, 0.05) is 19.6 Å². The van der Waals surface area contributed by atoms with E-state index in [9.17, 15) is 0 Å². The zero-order chi connectivity index (χ0) is 14.4. The highest BCUT2D eigenvalue weighted by Crippen LogP contribution is 2.22. The van der Waals surface area contributed by atoms with E-state index in [1.807, 2.05) is 52.9 Å². The van der Waals surface area contributed by atoms with Gasteiger partial charge in [-0.15, -0.1) is 0 Å². The van der Waals surface area contributed by atoms with Crippen molar-refractivity contribution >= 4 is 23.2 Å². The third kappa shape index (κ3) is 9.72. The molecule has 1 aromatic rings. The topological polar surface area (TPSA) is 24.1 Å². The lowest BCUT2D eigenvalue weighted by Crippen LogP contribution is -2.24. The fraction of sp³-hybridized carbons (Fsp3) is 0.571. The van der Waals surface area contributed by atoms with Gasteiger partial charge in [0.1, 0.15) is 0 Å². The average Bonchev–Trinajstić information content (AvgIpc) is 2.43. The molecule has 18 heavy (non-hydrogen) atoms. The number of nitrogens with one attached hydrogen (secondary N) is 2. The molecule has 0 aromatic heterocycles. The van der Waals surface area contributed by atoms with Crippen LogP contribution in [0.4, 0.5) is 0 Å². The molecule has 0 aliphatic carbocycles. The number of likely N-dealkylation sites (N-methyl/N-ethyl adjacent to an activating group) is 1. The molecular weight excluding hydrogens is 267 g/mol. The highest BCUT2D eigenvalue weighted by atomic mass is 35.5. The van der Waals surface area contributed by atoms with Crippen LogP contribution in [0.3, 0.4) is 0 Å². The van der Waals surface area contributed by atoms with Crippen molar-refractivity contribution in [3.8, 4) is 0 Å². The molecule has 0 radical (unpaired) electrons. The fourth-order valence-electron chi connectivity index (χ4n) is 1.10. The Hall–Kier alpha value is -0.280. The predicted octanol–water partition coefficient (Wildman–Crippen LogP) is 4.35. The Morgan fingerprint density at radius 2 is 1.56 bits per heavy atom. The van der Waals surface area contributed by atoms with E-state index in [-0.39, 0.29) is 0 Å². The highest BCUT2D eigenvalue weighted by Gasteiger charge is 1.98. The van der Waals surface area contributed by atoms with Gasteiger partial charge in [0.2, 0.25) is 0 Å². The Kier molecular flexibility index (Phi) is 16.5. The van der Waals surface area contributed by atoms with Crippen LogP contribution in [-0.2, 0) is 6.54 Å². The summed E-state index contributed by atoms with van der Waals surface area (Å²) in [6.07, 6.45) is 0. The molecule has 2 N–H and O–H groups in total. The summed E-state index contributed by atoms with van der Waals surface area (Å²) in [6.45, 7) is 10.7. The predicted molar refractivity (Wildman–Crippen MR) is 84.8 cm³/mol. The maximum atomic E-state index is 5.88. The number of hydrogen-bond donors (Lipinski definition) is 2. The van der Waals surface area contributed by atoms with E-state index in [0.29, 0.717) is 10.0 Å². The summed E-state index contributed by atoms with van der Waals surface area (Å²) in [5, 5.41) is 7.56. The molecule has 0 aliphatic heterocycles. The second-order valence-electron chi connectivity index (χ2n) is 3.03. The van der Waals surface area contributed by atoms with Crippen molar-refractivity contribution in [3.05, 3.63) is 33.8 Å². The van der Waals surface area contributed by atoms with Crippen molar-refractivity contribution in [2.24, 2.45) is 0 Å². The van der Waals surface area contributed by atoms with E-state index in [4.69, 9.17) is 23.2 Å². The Morgan fingerprint density at radius 3 is 2.06 bits per heavy atom. The molecule has 0 saturated heterocycles. The molecule has 0 unspecified atom stereocenters. The summed E-state index contributed by atoms with van der Waals surface area (Å²) in [6, 6.07) is 5.68. The van der Waals surface area contributed by atoms with Crippen LogP contribution < -0.4 is 10.6 Å². The standard InChI is InChI=1S/C10H14Cl2N2.2C2H6/c1-13-4-5-14-7-8-2-3-9(11)10(12)6-8;2*1-2/h2-3,6,13-14H,4-5,7H2,1H3;2*1-2H3. The molecule has 106 valence electrons. The Bertz CT molecular complexity index is 291. The molecule has 0 bridgehead atoms. The van der Waals surface area contributed by atoms with E-state index >= 15 is 0 Å². The van der Waals surface area contributed by atoms with E-state index in [2.05, 4.69) is 10.6 Å². The number of halogens is 2. The smallest absolute Gasteiger partial charge is 0.0595 e. The lowest BCUT2D eigenvalue weighted by atomic mass is 10.2. The summed E-state index contributed by atoms with van der Waals surface area (Å²) >= 11 is 11.7. The van der Waals surface area contributed by atoms with Crippen molar-refractivity contribution in [2.45, 2.75) is 34.2 Å². The first kappa shape index (κ1) is 20.0. The van der Waals surface area contributed by atoms with Crippen LogP contribution in [0.15, 0.2) is 18.2 Å². The van der Waals surface area contributed by atoms with Crippen LogP contribution in [-0.4, -0.2) is 20.1 Å². The molecule has 0 heterocycles. The minimum Gasteiger partial charge on any atom is -0.318 e. The van der Waals surface area contributed by atoms with Crippen molar-refractivity contribution in [3.63, 3.8) is 0 Å². The van der Waals surface area contributed by atoms with E-state index in [0.717, 1.165) is 25.2 Å².